The zero-order valence-corrected chi connectivity index (χ0v) is 15.4. The van der Waals surface area contributed by atoms with Crippen LogP contribution in [-0.2, 0) is 0 Å². The summed E-state index contributed by atoms with van der Waals surface area (Å²) in [6.07, 6.45) is 3.21. The van der Waals surface area contributed by atoms with Gasteiger partial charge in [-0.25, -0.2) is 9.67 Å². The van der Waals surface area contributed by atoms with Gasteiger partial charge in [0.25, 0.3) is 5.91 Å². The van der Waals surface area contributed by atoms with Crippen LogP contribution in [0.4, 0.5) is 5.82 Å². The van der Waals surface area contributed by atoms with Crippen LogP contribution in [0.3, 0.4) is 0 Å². The van der Waals surface area contributed by atoms with E-state index in [1.54, 1.807) is 29.1 Å². The number of tetrazole rings is 1. The lowest BCUT2D eigenvalue weighted by Gasteiger charge is -2.35. The van der Waals surface area contributed by atoms with Gasteiger partial charge in [-0.05, 0) is 53.2 Å². The molecule has 1 aliphatic heterocycles. The van der Waals surface area contributed by atoms with E-state index < -0.39 is 0 Å². The molecule has 9 heteroatoms. The zero-order valence-electron chi connectivity index (χ0n) is 15.4. The fraction of sp³-hybridized carbons (Fsp3) is 0.263. The highest BCUT2D eigenvalue weighted by Gasteiger charge is 2.24. The predicted octanol–water partition coefficient (Wildman–Crippen LogP) is 1.20. The molecule has 0 atom stereocenters. The highest BCUT2D eigenvalue weighted by molar-refractivity contribution is 5.95. The van der Waals surface area contributed by atoms with Gasteiger partial charge in [-0.2, -0.15) is 5.26 Å². The van der Waals surface area contributed by atoms with Gasteiger partial charge in [0.15, 0.2) is 0 Å². The van der Waals surface area contributed by atoms with Crippen LogP contribution in [0.25, 0.3) is 5.69 Å². The maximum Gasteiger partial charge on any atom is 0.253 e. The van der Waals surface area contributed by atoms with Crippen LogP contribution < -0.4 is 4.90 Å². The van der Waals surface area contributed by atoms with Crippen molar-refractivity contribution in [2.24, 2.45) is 0 Å². The van der Waals surface area contributed by atoms with Crippen molar-refractivity contribution in [3.63, 3.8) is 0 Å². The second kappa shape index (κ2) is 7.44. The average Bonchev–Trinajstić information content (AvgIpc) is 3.28. The number of benzene rings is 1. The summed E-state index contributed by atoms with van der Waals surface area (Å²) in [5.74, 6) is 0.672. The topological polar surface area (TPSA) is 104 Å². The number of aromatic nitrogens is 5. The number of aryl methyl sites for hydroxylation is 1. The molecule has 28 heavy (non-hydrogen) atoms. The van der Waals surface area contributed by atoms with Gasteiger partial charge in [-0.1, -0.05) is 0 Å². The van der Waals surface area contributed by atoms with Crippen molar-refractivity contribution in [2.45, 2.75) is 6.92 Å². The van der Waals surface area contributed by atoms with E-state index in [0.717, 1.165) is 11.3 Å². The van der Waals surface area contributed by atoms with Gasteiger partial charge < -0.3 is 9.80 Å². The SMILES string of the molecule is Cc1cc(C(=O)N2CCN(c3ncccc3C#N)CC2)ccc1-n1cnnn1. The van der Waals surface area contributed by atoms with E-state index in [1.165, 1.54) is 6.33 Å². The number of nitrogens with zero attached hydrogens (tertiary/aromatic N) is 8. The van der Waals surface area contributed by atoms with Crippen molar-refractivity contribution >= 4 is 11.7 Å². The molecule has 0 N–H and O–H groups in total. The minimum atomic E-state index is -0.00690. The summed E-state index contributed by atoms with van der Waals surface area (Å²) >= 11 is 0. The Bertz CT molecular complexity index is 1030. The largest absolute Gasteiger partial charge is 0.352 e. The molecule has 1 fully saturated rings. The maximum absolute atomic E-state index is 12.9. The molecule has 4 rings (SSSR count). The molecule has 140 valence electrons. The zero-order chi connectivity index (χ0) is 19.5. The highest BCUT2D eigenvalue weighted by Crippen LogP contribution is 2.20. The molecule has 3 aromatic rings. The average molecular weight is 374 g/mol. The molecular weight excluding hydrogens is 356 g/mol. The number of amides is 1. The number of pyridine rings is 1. The van der Waals surface area contributed by atoms with Gasteiger partial charge in [0, 0.05) is 37.9 Å². The Morgan fingerprint density at radius 2 is 2.00 bits per heavy atom. The Labute approximate surface area is 161 Å². The van der Waals surface area contributed by atoms with Gasteiger partial charge in [0.1, 0.15) is 18.2 Å². The third kappa shape index (κ3) is 3.27. The van der Waals surface area contributed by atoms with E-state index in [1.807, 2.05) is 28.9 Å². The molecule has 0 saturated carbocycles. The molecular formula is C19H18N8O. The van der Waals surface area contributed by atoms with Crippen LogP contribution in [0.5, 0.6) is 0 Å². The Morgan fingerprint density at radius 3 is 2.68 bits per heavy atom. The Balaban J connectivity index is 1.46. The molecule has 9 nitrogen and oxygen atoms in total. The van der Waals surface area contributed by atoms with E-state index in [-0.39, 0.29) is 5.91 Å². The second-order valence-electron chi connectivity index (χ2n) is 6.52. The normalized spacial score (nSPS) is 14.0. The summed E-state index contributed by atoms with van der Waals surface area (Å²) in [4.78, 5) is 21.1. The Morgan fingerprint density at radius 1 is 1.18 bits per heavy atom. The minimum absolute atomic E-state index is 0.00690. The summed E-state index contributed by atoms with van der Waals surface area (Å²) in [6.45, 7) is 4.36. The van der Waals surface area contributed by atoms with Gasteiger partial charge >= 0.3 is 0 Å². The molecule has 3 heterocycles. The van der Waals surface area contributed by atoms with E-state index >= 15 is 0 Å². The van der Waals surface area contributed by atoms with Crippen LogP contribution in [0.15, 0.2) is 42.9 Å². The standard InChI is InChI=1S/C19H18N8O/c1-14-11-15(4-5-17(14)27-13-22-23-24-27)19(28)26-9-7-25(8-10-26)18-16(12-20)3-2-6-21-18/h2-6,11,13H,7-10H2,1H3. The monoisotopic (exact) mass is 374 g/mol. The lowest BCUT2D eigenvalue weighted by atomic mass is 10.1. The Hall–Kier alpha value is -3.80. The first-order valence-corrected chi connectivity index (χ1v) is 8.91. The first-order chi connectivity index (χ1) is 13.7. The molecule has 2 aromatic heterocycles. The summed E-state index contributed by atoms with van der Waals surface area (Å²) in [6, 6.07) is 11.2. The lowest BCUT2D eigenvalue weighted by molar-refractivity contribution is 0.0746. The molecule has 1 saturated heterocycles. The van der Waals surface area contributed by atoms with Crippen LogP contribution in [-0.4, -0.2) is 62.2 Å². The van der Waals surface area contributed by atoms with Crippen LogP contribution in [0.1, 0.15) is 21.5 Å². The van der Waals surface area contributed by atoms with Crippen molar-refractivity contribution < 1.29 is 4.79 Å². The number of rotatable bonds is 3. The Kier molecular flexibility index (Phi) is 4.68. The van der Waals surface area contributed by atoms with E-state index in [9.17, 15) is 10.1 Å². The number of carbonyl (C=O) groups excluding carboxylic acids is 1. The maximum atomic E-state index is 12.9. The molecule has 0 aliphatic carbocycles. The van der Waals surface area contributed by atoms with Gasteiger partial charge in [-0.3, -0.25) is 4.79 Å². The lowest BCUT2D eigenvalue weighted by Crippen LogP contribution is -2.49. The first-order valence-electron chi connectivity index (χ1n) is 8.91. The highest BCUT2D eigenvalue weighted by atomic mass is 16.2. The fourth-order valence-corrected chi connectivity index (χ4v) is 3.36. The van der Waals surface area contributed by atoms with E-state index in [4.69, 9.17) is 0 Å². The smallest absolute Gasteiger partial charge is 0.253 e. The third-order valence-electron chi connectivity index (χ3n) is 4.81. The van der Waals surface area contributed by atoms with Crippen molar-refractivity contribution in [3.05, 3.63) is 59.5 Å². The molecule has 1 amide bonds. The fourth-order valence-electron chi connectivity index (χ4n) is 3.36. The molecule has 0 radical (unpaired) electrons. The third-order valence-corrected chi connectivity index (χ3v) is 4.81. The first kappa shape index (κ1) is 17.6. The molecule has 0 bridgehead atoms. The van der Waals surface area contributed by atoms with Crippen LogP contribution in [0.2, 0.25) is 0 Å². The van der Waals surface area contributed by atoms with Gasteiger partial charge in [0.2, 0.25) is 0 Å². The van der Waals surface area contributed by atoms with Crippen molar-refractivity contribution in [2.75, 3.05) is 31.1 Å². The summed E-state index contributed by atoms with van der Waals surface area (Å²) in [7, 11) is 0. The molecule has 1 aromatic carbocycles. The second-order valence-corrected chi connectivity index (χ2v) is 6.52. The molecule has 0 spiro atoms. The van der Waals surface area contributed by atoms with E-state index in [0.29, 0.717) is 43.1 Å². The number of anilines is 1. The number of hydrogen-bond donors (Lipinski definition) is 0. The summed E-state index contributed by atoms with van der Waals surface area (Å²) in [5, 5.41) is 20.4. The van der Waals surface area contributed by atoms with Crippen molar-refractivity contribution in [1.29, 1.82) is 5.26 Å². The summed E-state index contributed by atoms with van der Waals surface area (Å²) < 4.78 is 1.57. The van der Waals surface area contributed by atoms with Crippen LogP contribution >= 0.6 is 0 Å². The molecule has 0 unspecified atom stereocenters. The predicted molar refractivity (Wildman–Crippen MR) is 101 cm³/mol. The van der Waals surface area contributed by atoms with Crippen molar-refractivity contribution in [1.82, 2.24) is 30.1 Å². The minimum Gasteiger partial charge on any atom is -0.352 e. The number of nitriles is 1. The molecule has 1 aliphatic rings. The quantitative estimate of drug-likeness (QED) is 0.678. The number of piperazine rings is 1. The summed E-state index contributed by atoms with van der Waals surface area (Å²) in [5.41, 5.74) is 2.95. The van der Waals surface area contributed by atoms with Gasteiger partial charge in [0.05, 0.1) is 11.3 Å². The van der Waals surface area contributed by atoms with Crippen molar-refractivity contribution in [3.8, 4) is 11.8 Å². The number of hydrogen-bond acceptors (Lipinski definition) is 7. The number of carbonyl (C=O) groups is 1. The van der Waals surface area contributed by atoms with Gasteiger partial charge in [-0.15, -0.1) is 5.10 Å². The van der Waals surface area contributed by atoms with Crippen LogP contribution in [0, 0.1) is 18.3 Å². The van der Waals surface area contributed by atoms with E-state index in [2.05, 4.69) is 26.6 Å².